The number of para-hydroxylation sites is 1. The van der Waals surface area contributed by atoms with E-state index in [0.717, 1.165) is 11.3 Å². The summed E-state index contributed by atoms with van der Waals surface area (Å²) in [5.74, 6) is 0.183. The molecular formula is C17H19NO2S. The highest BCUT2D eigenvalue weighted by Crippen LogP contribution is 2.24. The highest BCUT2D eigenvalue weighted by Gasteiger charge is 2.11. The molecule has 0 spiro atoms. The second-order valence-corrected chi connectivity index (χ2v) is 6.55. The summed E-state index contributed by atoms with van der Waals surface area (Å²) >= 11 is 0. The van der Waals surface area contributed by atoms with Crippen molar-refractivity contribution in [3.8, 4) is 0 Å². The molecule has 1 atom stereocenters. The first-order chi connectivity index (χ1) is 9.99. The van der Waals surface area contributed by atoms with E-state index >= 15 is 0 Å². The Morgan fingerprint density at radius 1 is 1.05 bits per heavy atom. The number of amides is 1. The van der Waals surface area contributed by atoms with Gasteiger partial charge in [-0.15, -0.1) is 0 Å². The predicted molar refractivity (Wildman–Crippen MR) is 87.3 cm³/mol. The van der Waals surface area contributed by atoms with Crippen molar-refractivity contribution in [2.45, 2.75) is 24.7 Å². The van der Waals surface area contributed by atoms with Crippen molar-refractivity contribution in [1.82, 2.24) is 0 Å². The molecule has 0 saturated carbocycles. The molecule has 21 heavy (non-hydrogen) atoms. The fraction of sp³-hybridized carbons (Fsp3) is 0.235. The zero-order chi connectivity index (χ0) is 15.4. The summed E-state index contributed by atoms with van der Waals surface area (Å²) in [5.41, 5.74) is 2.50. The average Bonchev–Trinajstić information content (AvgIpc) is 2.47. The number of anilines is 1. The van der Waals surface area contributed by atoms with Gasteiger partial charge in [0, 0.05) is 33.2 Å². The Bertz CT molecular complexity index is 663. The summed E-state index contributed by atoms with van der Waals surface area (Å²) in [4.78, 5) is 13.0. The number of carbonyl (C=O) groups is 1. The fourth-order valence-electron chi connectivity index (χ4n) is 2.11. The number of carbonyl (C=O) groups excluding carboxylic acids is 1. The fourth-order valence-corrected chi connectivity index (χ4v) is 2.63. The van der Waals surface area contributed by atoms with Gasteiger partial charge in [-0.25, -0.2) is 0 Å². The highest BCUT2D eigenvalue weighted by atomic mass is 32.2. The maximum Gasteiger partial charge on any atom is 0.255 e. The predicted octanol–water partition coefficient (Wildman–Crippen LogP) is 3.80. The molecular weight excluding hydrogens is 282 g/mol. The largest absolute Gasteiger partial charge is 0.322 e. The molecule has 0 radical (unpaired) electrons. The van der Waals surface area contributed by atoms with Crippen molar-refractivity contribution >= 4 is 22.4 Å². The Balaban J connectivity index is 2.20. The summed E-state index contributed by atoms with van der Waals surface area (Å²) in [7, 11) is -1.03. The van der Waals surface area contributed by atoms with Crippen LogP contribution in [0.3, 0.4) is 0 Å². The summed E-state index contributed by atoms with van der Waals surface area (Å²) in [5, 5.41) is 2.94. The molecule has 2 aromatic carbocycles. The van der Waals surface area contributed by atoms with Gasteiger partial charge in [-0.1, -0.05) is 32.0 Å². The third kappa shape index (κ3) is 3.79. The van der Waals surface area contributed by atoms with Crippen molar-refractivity contribution in [3.63, 3.8) is 0 Å². The van der Waals surface area contributed by atoms with Crippen LogP contribution >= 0.6 is 0 Å². The molecule has 0 aliphatic heterocycles. The summed E-state index contributed by atoms with van der Waals surface area (Å²) in [6, 6.07) is 14.6. The van der Waals surface area contributed by atoms with Crippen molar-refractivity contribution < 1.29 is 9.00 Å². The quantitative estimate of drug-likeness (QED) is 0.933. The van der Waals surface area contributed by atoms with E-state index in [9.17, 15) is 9.00 Å². The number of nitrogens with one attached hydrogen (secondary N) is 1. The molecule has 1 unspecified atom stereocenters. The van der Waals surface area contributed by atoms with E-state index in [1.807, 2.05) is 24.3 Å². The minimum atomic E-state index is -1.03. The Kier molecular flexibility index (Phi) is 4.91. The van der Waals surface area contributed by atoms with Crippen LogP contribution < -0.4 is 5.32 Å². The molecule has 0 aliphatic rings. The molecule has 0 bridgehead atoms. The van der Waals surface area contributed by atoms with Gasteiger partial charge in [0.05, 0.1) is 0 Å². The third-order valence-electron chi connectivity index (χ3n) is 3.28. The number of benzene rings is 2. The van der Waals surface area contributed by atoms with Gasteiger partial charge >= 0.3 is 0 Å². The van der Waals surface area contributed by atoms with Crippen LogP contribution in [0.2, 0.25) is 0 Å². The lowest BCUT2D eigenvalue weighted by atomic mass is 10.0. The molecule has 4 heteroatoms. The lowest BCUT2D eigenvalue weighted by Gasteiger charge is -2.13. The standard InChI is InChI=1S/C17H19NO2S/c1-12(2)15-6-4-5-7-16(15)18-17(19)13-8-10-14(11-9-13)21(3)20/h4-12H,1-3H3,(H,18,19). The maximum atomic E-state index is 12.3. The minimum Gasteiger partial charge on any atom is -0.322 e. The van der Waals surface area contributed by atoms with Crippen LogP contribution in [0, 0.1) is 0 Å². The van der Waals surface area contributed by atoms with Gasteiger partial charge < -0.3 is 5.32 Å². The number of hydrogen-bond donors (Lipinski definition) is 1. The zero-order valence-corrected chi connectivity index (χ0v) is 13.2. The average molecular weight is 301 g/mol. The van der Waals surface area contributed by atoms with Crippen LogP contribution in [0.25, 0.3) is 0 Å². The van der Waals surface area contributed by atoms with Gasteiger partial charge in [0.25, 0.3) is 5.91 Å². The van der Waals surface area contributed by atoms with Gasteiger partial charge in [-0.05, 0) is 41.8 Å². The molecule has 0 fully saturated rings. The molecule has 0 aliphatic carbocycles. The first-order valence-corrected chi connectivity index (χ1v) is 8.38. The van der Waals surface area contributed by atoms with Crippen LogP contribution in [-0.4, -0.2) is 16.4 Å². The molecule has 0 heterocycles. The Morgan fingerprint density at radius 3 is 2.24 bits per heavy atom. The highest BCUT2D eigenvalue weighted by molar-refractivity contribution is 7.84. The summed E-state index contributed by atoms with van der Waals surface area (Å²) < 4.78 is 11.3. The van der Waals surface area contributed by atoms with E-state index in [4.69, 9.17) is 0 Å². The molecule has 110 valence electrons. The minimum absolute atomic E-state index is 0.156. The van der Waals surface area contributed by atoms with E-state index in [-0.39, 0.29) is 5.91 Å². The van der Waals surface area contributed by atoms with E-state index in [2.05, 4.69) is 19.2 Å². The van der Waals surface area contributed by atoms with E-state index in [1.165, 1.54) is 0 Å². The summed E-state index contributed by atoms with van der Waals surface area (Å²) in [6.45, 7) is 4.19. The normalized spacial score (nSPS) is 12.2. The molecule has 1 N–H and O–H groups in total. The van der Waals surface area contributed by atoms with Crippen molar-refractivity contribution in [2.24, 2.45) is 0 Å². The lowest BCUT2D eigenvalue weighted by Crippen LogP contribution is -2.13. The molecule has 2 aromatic rings. The van der Waals surface area contributed by atoms with Crippen LogP contribution in [0.5, 0.6) is 0 Å². The molecule has 0 saturated heterocycles. The lowest BCUT2D eigenvalue weighted by molar-refractivity contribution is 0.102. The van der Waals surface area contributed by atoms with Gasteiger partial charge in [-0.2, -0.15) is 0 Å². The zero-order valence-electron chi connectivity index (χ0n) is 12.4. The summed E-state index contributed by atoms with van der Waals surface area (Å²) in [6.07, 6.45) is 1.62. The van der Waals surface area contributed by atoms with Gasteiger partial charge in [-0.3, -0.25) is 9.00 Å². The van der Waals surface area contributed by atoms with Crippen molar-refractivity contribution in [3.05, 3.63) is 59.7 Å². The van der Waals surface area contributed by atoms with Crippen LogP contribution in [0.15, 0.2) is 53.4 Å². The van der Waals surface area contributed by atoms with Gasteiger partial charge in [0.15, 0.2) is 0 Å². The Hall–Kier alpha value is -1.94. The molecule has 3 nitrogen and oxygen atoms in total. The maximum absolute atomic E-state index is 12.3. The van der Waals surface area contributed by atoms with Crippen LogP contribution in [-0.2, 0) is 10.8 Å². The van der Waals surface area contributed by atoms with Crippen LogP contribution in [0.1, 0.15) is 35.7 Å². The Labute approximate surface area is 127 Å². The number of rotatable bonds is 4. The third-order valence-corrected chi connectivity index (χ3v) is 4.22. The second kappa shape index (κ2) is 6.68. The first kappa shape index (κ1) is 15.4. The topological polar surface area (TPSA) is 46.2 Å². The first-order valence-electron chi connectivity index (χ1n) is 6.83. The smallest absolute Gasteiger partial charge is 0.255 e. The van der Waals surface area contributed by atoms with Gasteiger partial charge in [0.2, 0.25) is 0 Å². The van der Waals surface area contributed by atoms with Crippen molar-refractivity contribution in [2.75, 3.05) is 11.6 Å². The SMILES string of the molecule is CC(C)c1ccccc1NC(=O)c1ccc(S(C)=O)cc1. The van der Waals surface area contributed by atoms with E-state index in [0.29, 0.717) is 16.4 Å². The molecule has 1 amide bonds. The van der Waals surface area contributed by atoms with E-state index < -0.39 is 10.8 Å². The monoisotopic (exact) mass is 301 g/mol. The number of hydrogen-bond acceptors (Lipinski definition) is 2. The van der Waals surface area contributed by atoms with E-state index in [1.54, 1.807) is 30.5 Å². The molecule has 0 aromatic heterocycles. The Morgan fingerprint density at radius 2 is 1.67 bits per heavy atom. The van der Waals surface area contributed by atoms with Crippen LogP contribution in [0.4, 0.5) is 5.69 Å². The van der Waals surface area contributed by atoms with Gasteiger partial charge in [0.1, 0.15) is 0 Å². The second-order valence-electron chi connectivity index (χ2n) is 5.17. The van der Waals surface area contributed by atoms with Crippen molar-refractivity contribution in [1.29, 1.82) is 0 Å². The molecule has 2 rings (SSSR count).